The van der Waals surface area contributed by atoms with Crippen molar-refractivity contribution < 1.29 is 8.78 Å². The summed E-state index contributed by atoms with van der Waals surface area (Å²) in [6, 6.07) is 0. The van der Waals surface area contributed by atoms with E-state index in [2.05, 4.69) is 6.92 Å². The first-order valence-electron chi connectivity index (χ1n) is 3.50. The highest BCUT2D eigenvalue weighted by molar-refractivity contribution is 5.10. The zero-order valence-corrected chi connectivity index (χ0v) is 5.40. The molecule has 0 saturated heterocycles. The molecule has 0 amide bonds. The first-order valence-corrected chi connectivity index (χ1v) is 3.50. The number of alkyl halides is 2. The molecule has 0 radical (unpaired) electrons. The molecule has 0 spiro atoms. The summed E-state index contributed by atoms with van der Waals surface area (Å²) in [6.45, 7) is 2.06. The van der Waals surface area contributed by atoms with E-state index in [4.69, 9.17) is 0 Å². The van der Waals surface area contributed by atoms with E-state index >= 15 is 0 Å². The quantitative estimate of drug-likeness (QED) is 0.474. The minimum Gasteiger partial charge on any atom is -0.206 e. The second kappa shape index (κ2) is 1.30. The summed E-state index contributed by atoms with van der Waals surface area (Å²) in [7, 11) is 0. The van der Waals surface area contributed by atoms with Crippen LogP contribution < -0.4 is 0 Å². The maximum absolute atomic E-state index is 12.4. The van der Waals surface area contributed by atoms with Gasteiger partial charge in [0, 0.05) is 11.8 Å². The van der Waals surface area contributed by atoms with Gasteiger partial charge in [0.1, 0.15) is 0 Å². The number of hydrogen-bond donors (Lipinski definition) is 0. The summed E-state index contributed by atoms with van der Waals surface area (Å²) in [4.78, 5) is 0. The Bertz CT molecular complexity index is 128. The molecule has 2 unspecified atom stereocenters. The Labute approximate surface area is 53.2 Å². The molecule has 2 rings (SSSR count). The Kier molecular flexibility index (Phi) is 0.814. The summed E-state index contributed by atoms with van der Waals surface area (Å²) in [5, 5.41) is 0. The second-order valence-electron chi connectivity index (χ2n) is 3.46. The molecule has 0 heterocycles. The summed E-state index contributed by atoms with van der Waals surface area (Å²) in [5.41, 5.74) is 0. The van der Waals surface area contributed by atoms with Gasteiger partial charge in [0.25, 0.3) is 5.92 Å². The van der Waals surface area contributed by atoms with Crippen LogP contribution in [0.1, 0.15) is 19.8 Å². The predicted molar refractivity (Wildman–Crippen MR) is 30.3 cm³/mol. The highest BCUT2D eigenvalue weighted by Crippen LogP contribution is 2.65. The lowest BCUT2D eigenvalue weighted by atomic mass is 10.1. The molecule has 0 aromatic rings. The van der Waals surface area contributed by atoms with E-state index in [0.29, 0.717) is 5.92 Å². The molecule has 0 aromatic heterocycles. The van der Waals surface area contributed by atoms with Gasteiger partial charge in [0.15, 0.2) is 0 Å². The molecule has 0 aromatic carbocycles. The molecule has 2 aliphatic carbocycles. The summed E-state index contributed by atoms with van der Waals surface area (Å²) in [6.07, 6.45) is 1.52. The van der Waals surface area contributed by atoms with Gasteiger partial charge in [-0.25, -0.2) is 8.78 Å². The number of halogens is 2. The van der Waals surface area contributed by atoms with Gasteiger partial charge in [-0.3, -0.25) is 0 Å². The SMILES string of the molecule is CC1CC2[C@H](C1)C2(F)F. The third kappa shape index (κ3) is 0.565. The van der Waals surface area contributed by atoms with E-state index in [1.165, 1.54) is 0 Å². The van der Waals surface area contributed by atoms with Crippen molar-refractivity contribution in [1.29, 1.82) is 0 Å². The third-order valence-corrected chi connectivity index (χ3v) is 2.68. The normalized spacial score (nSPS) is 53.0. The van der Waals surface area contributed by atoms with Crippen LogP contribution in [-0.4, -0.2) is 5.92 Å². The van der Waals surface area contributed by atoms with Crippen LogP contribution in [0.3, 0.4) is 0 Å². The van der Waals surface area contributed by atoms with Gasteiger partial charge in [0.05, 0.1) is 0 Å². The number of fused-ring (bicyclic) bond motifs is 1. The summed E-state index contributed by atoms with van der Waals surface area (Å²) >= 11 is 0. The van der Waals surface area contributed by atoms with E-state index in [1.807, 2.05) is 0 Å². The largest absolute Gasteiger partial charge is 0.254 e. The average Bonchev–Trinajstić information content (AvgIpc) is 2.27. The van der Waals surface area contributed by atoms with Gasteiger partial charge >= 0.3 is 0 Å². The van der Waals surface area contributed by atoms with Crippen LogP contribution in [0.4, 0.5) is 8.78 Å². The molecular formula is C7H10F2. The van der Waals surface area contributed by atoms with Crippen LogP contribution in [0.25, 0.3) is 0 Å². The van der Waals surface area contributed by atoms with Crippen LogP contribution in [0.5, 0.6) is 0 Å². The zero-order chi connectivity index (χ0) is 6.65. The molecule has 0 aliphatic heterocycles. The van der Waals surface area contributed by atoms with E-state index in [0.717, 1.165) is 12.8 Å². The van der Waals surface area contributed by atoms with Crippen LogP contribution >= 0.6 is 0 Å². The van der Waals surface area contributed by atoms with Crippen molar-refractivity contribution in [2.75, 3.05) is 0 Å². The minimum absolute atomic E-state index is 0.229. The zero-order valence-electron chi connectivity index (χ0n) is 5.40. The Morgan fingerprint density at radius 3 is 2.00 bits per heavy atom. The molecular weight excluding hydrogens is 122 g/mol. The van der Waals surface area contributed by atoms with Crippen molar-refractivity contribution >= 4 is 0 Å². The lowest BCUT2D eigenvalue weighted by Crippen LogP contribution is -2.04. The number of rotatable bonds is 0. The van der Waals surface area contributed by atoms with E-state index in [-0.39, 0.29) is 11.8 Å². The summed E-state index contributed by atoms with van der Waals surface area (Å²) in [5.74, 6) is -2.16. The first kappa shape index (κ1) is 5.63. The Hall–Kier alpha value is -0.140. The van der Waals surface area contributed by atoms with Crippen molar-refractivity contribution in [3.63, 3.8) is 0 Å². The van der Waals surface area contributed by atoms with Gasteiger partial charge < -0.3 is 0 Å². The monoisotopic (exact) mass is 132 g/mol. The topological polar surface area (TPSA) is 0 Å². The van der Waals surface area contributed by atoms with E-state index in [9.17, 15) is 8.78 Å². The van der Waals surface area contributed by atoms with Crippen molar-refractivity contribution in [1.82, 2.24) is 0 Å². The molecule has 3 atom stereocenters. The molecule has 0 N–H and O–H groups in total. The lowest BCUT2D eigenvalue weighted by molar-refractivity contribution is 0.0654. The third-order valence-electron chi connectivity index (χ3n) is 2.68. The Morgan fingerprint density at radius 1 is 1.22 bits per heavy atom. The molecule has 52 valence electrons. The fourth-order valence-electron chi connectivity index (χ4n) is 2.07. The van der Waals surface area contributed by atoms with Gasteiger partial charge in [-0.2, -0.15) is 0 Å². The van der Waals surface area contributed by atoms with E-state index < -0.39 is 5.92 Å². The standard InChI is InChI=1S/C7H10F2/c1-4-2-5-6(3-4)7(5,8)9/h4-6H,2-3H2,1H3/t4?,5-,6?/m0/s1. The maximum Gasteiger partial charge on any atom is 0.254 e. The van der Waals surface area contributed by atoms with E-state index in [1.54, 1.807) is 0 Å². The average molecular weight is 132 g/mol. The first-order chi connectivity index (χ1) is 4.12. The highest BCUT2D eigenvalue weighted by Gasteiger charge is 2.70. The van der Waals surface area contributed by atoms with Crippen molar-refractivity contribution in [2.45, 2.75) is 25.7 Å². The smallest absolute Gasteiger partial charge is 0.206 e. The fourth-order valence-corrected chi connectivity index (χ4v) is 2.07. The highest BCUT2D eigenvalue weighted by atomic mass is 19.3. The Balaban J connectivity index is 2.06. The predicted octanol–water partition coefficient (Wildman–Crippen LogP) is 2.30. The molecule has 9 heavy (non-hydrogen) atoms. The number of hydrogen-bond acceptors (Lipinski definition) is 0. The second-order valence-corrected chi connectivity index (χ2v) is 3.46. The van der Waals surface area contributed by atoms with Gasteiger partial charge in [0.2, 0.25) is 0 Å². The molecule has 2 fully saturated rings. The Morgan fingerprint density at radius 2 is 1.67 bits per heavy atom. The summed E-state index contributed by atoms with van der Waals surface area (Å²) < 4.78 is 24.8. The van der Waals surface area contributed by atoms with Crippen LogP contribution in [0.15, 0.2) is 0 Å². The molecule has 2 saturated carbocycles. The van der Waals surface area contributed by atoms with Gasteiger partial charge in [-0.15, -0.1) is 0 Å². The molecule has 2 aliphatic rings. The van der Waals surface area contributed by atoms with Gasteiger partial charge in [-0.1, -0.05) is 6.92 Å². The van der Waals surface area contributed by atoms with Crippen LogP contribution in [0.2, 0.25) is 0 Å². The lowest BCUT2D eigenvalue weighted by Gasteiger charge is -2.05. The maximum atomic E-state index is 12.4. The van der Waals surface area contributed by atoms with Crippen LogP contribution in [0, 0.1) is 17.8 Å². The molecule has 2 heteroatoms. The van der Waals surface area contributed by atoms with Gasteiger partial charge in [-0.05, 0) is 18.8 Å². The molecule has 0 nitrogen and oxygen atoms in total. The van der Waals surface area contributed by atoms with Crippen molar-refractivity contribution in [3.05, 3.63) is 0 Å². The van der Waals surface area contributed by atoms with Crippen LogP contribution in [-0.2, 0) is 0 Å². The van der Waals surface area contributed by atoms with Crippen molar-refractivity contribution in [2.24, 2.45) is 17.8 Å². The minimum atomic E-state index is -2.26. The molecule has 0 bridgehead atoms. The van der Waals surface area contributed by atoms with Crippen molar-refractivity contribution in [3.8, 4) is 0 Å². The fraction of sp³-hybridized carbons (Fsp3) is 1.00.